The molecule has 6 heteroatoms. The van der Waals surface area contributed by atoms with E-state index >= 15 is 0 Å². The monoisotopic (exact) mass is 327 g/mol. The third-order valence-electron chi connectivity index (χ3n) is 3.61. The van der Waals surface area contributed by atoms with E-state index in [4.69, 9.17) is 0 Å². The summed E-state index contributed by atoms with van der Waals surface area (Å²) >= 11 is 4.24. The summed E-state index contributed by atoms with van der Waals surface area (Å²) in [6.45, 7) is 0. The zero-order valence-corrected chi connectivity index (χ0v) is 13.3. The third-order valence-corrected chi connectivity index (χ3v) is 3.89. The molecule has 4 nitrogen and oxygen atoms in total. The van der Waals surface area contributed by atoms with Gasteiger partial charge in [-0.3, -0.25) is 14.3 Å². The maximum absolute atomic E-state index is 13.2. The Labute approximate surface area is 138 Å². The zero-order chi connectivity index (χ0) is 16.4. The lowest BCUT2D eigenvalue weighted by molar-refractivity contribution is 0.628. The van der Waals surface area contributed by atoms with Crippen LogP contribution in [0.25, 0.3) is 22.4 Å². The number of rotatable bonds is 3. The number of hydrogen-bond donors (Lipinski definition) is 1. The summed E-state index contributed by atoms with van der Waals surface area (Å²) in [4.78, 5) is 21.4. The van der Waals surface area contributed by atoms with Crippen LogP contribution in [-0.4, -0.2) is 14.5 Å². The van der Waals surface area contributed by atoms with E-state index in [2.05, 4.69) is 22.6 Å². The van der Waals surface area contributed by atoms with Crippen molar-refractivity contribution in [2.75, 3.05) is 0 Å². The topological polar surface area (TPSA) is 47.8 Å². The van der Waals surface area contributed by atoms with Crippen molar-refractivity contribution in [2.45, 2.75) is 5.75 Å². The van der Waals surface area contributed by atoms with Crippen molar-refractivity contribution in [2.24, 2.45) is 7.05 Å². The van der Waals surface area contributed by atoms with E-state index in [0.29, 0.717) is 28.4 Å². The van der Waals surface area contributed by atoms with E-state index in [1.54, 1.807) is 43.7 Å². The molecule has 0 aliphatic carbocycles. The van der Waals surface area contributed by atoms with Crippen LogP contribution < -0.4 is 5.56 Å². The Kier molecular flexibility index (Phi) is 4.25. The molecule has 116 valence electrons. The number of hydrogen-bond acceptors (Lipinski definition) is 4. The molecule has 0 saturated carbocycles. The van der Waals surface area contributed by atoms with Gasteiger partial charge in [0.05, 0.1) is 11.3 Å². The van der Waals surface area contributed by atoms with E-state index in [-0.39, 0.29) is 11.4 Å². The molecule has 0 spiro atoms. The standard InChI is InChI=1S/C17H14FN3OS/c1-21-14(10-23)20-16(12-6-8-19-9-7-12)15(17(21)22)11-2-4-13(18)5-3-11/h2-9,23H,10H2,1H3. The highest BCUT2D eigenvalue weighted by molar-refractivity contribution is 7.79. The molecule has 0 amide bonds. The van der Waals surface area contributed by atoms with Gasteiger partial charge in [0.15, 0.2) is 0 Å². The van der Waals surface area contributed by atoms with E-state index in [9.17, 15) is 9.18 Å². The summed E-state index contributed by atoms with van der Waals surface area (Å²) in [5.41, 5.74) is 2.19. The lowest BCUT2D eigenvalue weighted by atomic mass is 10.0. The Bertz CT molecular complexity index is 892. The highest BCUT2D eigenvalue weighted by atomic mass is 32.1. The molecule has 0 atom stereocenters. The van der Waals surface area contributed by atoms with Crippen molar-refractivity contribution in [3.05, 3.63) is 70.8 Å². The highest BCUT2D eigenvalue weighted by Crippen LogP contribution is 2.28. The minimum Gasteiger partial charge on any atom is -0.299 e. The van der Waals surface area contributed by atoms with Crippen LogP contribution >= 0.6 is 12.6 Å². The van der Waals surface area contributed by atoms with Gasteiger partial charge in [-0.15, -0.1) is 0 Å². The Morgan fingerprint density at radius 1 is 1.09 bits per heavy atom. The number of thiol groups is 1. The molecule has 0 aliphatic rings. The summed E-state index contributed by atoms with van der Waals surface area (Å²) in [6, 6.07) is 9.40. The Morgan fingerprint density at radius 2 is 1.74 bits per heavy atom. The summed E-state index contributed by atoms with van der Waals surface area (Å²) in [6.07, 6.45) is 3.28. The van der Waals surface area contributed by atoms with Crippen LogP contribution in [0.3, 0.4) is 0 Å². The third kappa shape index (κ3) is 2.90. The average molecular weight is 327 g/mol. The minimum atomic E-state index is -0.351. The average Bonchev–Trinajstić information content (AvgIpc) is 2.59. The molecule has 2 heterocycles. The lowest BCUT2D eigenvalue weighted by Gasteiger charge is -2.13. The van der Waals surface area contributed by atoms with Crippen molar-refractivity contribution < 1.29 is 4.39 Å². The van der Waals surface area contributed by atoms with Gasteiger partial charge in [-0.1, -0.05) is 12.1 Å². The number of benzene rings is 1. The molecule has 3 rings (SSSR count). The van der Waals surface area contributed by atoms with Crippen LogP contribution in [0.5, 0.6) is 0 Å². The highest BCUT2D eigenvalue weighted by Gasteiger charge is 2.17. The Balaban J connectivity index is 2.35. The van der Waals surface area contributed by atoms with Gasteiger partial charge in [0.1, 0.15) is 11.6 Å². The molecular formula is C17H14FN3OS. The summed E-state index contributed by atoms with van der Waals surface area (Å²) in [7, 11) is 1.66. The maximum atomic E-state index is 13.2. The predicted octanol–water partition coefficient (Wildman–Crippen LogP) is 3.08. The quantitative estimate of drug-likeness (QED) is 0.752. The first kappa shape index (κ1) is 15.4. The SMILES string of the molecule is Cn1c(CS)nc(-c2ccncc2)c(-c2ccc(F)cc2)c1=O. The first-order valence-corrected chi connectivity index (χ1v) is 7.62. The first-order chi connectivity index (χ1) is 11.1. The second-order valence-corrected chi connectivity index (χ2v) is 5.33. The molecule has 0 N–H and O–H groups in total. The van der Waals surface area contributed by atoms with Crippen molar-refractivity contribution in [3.63, 3.8) is 0 Å². The van der Waals surface area contributed by atoms with Gasteiger partial charge in [0.2, 0.25) is 0 Å². The van der Waals surface area contributed by atoms with Gasteiger partial charge >= 0.3 is 0 Å². The fourth-order valence-corrected chi connectivity index (χ4v) is 2.67. The fraction of sp³-hybridized carbons (Fsp3) is 0.118. The molecule has 2 aromatic heterocycles. The number of aromatic nitrogens is 3. The largest absolute Gasteiger partial charge is 0.299 e. The maximum Gasteiger partial charge on any atom is 0.261 e. The van der Waals surface area contributed by atoms with Crippen molar-refractivity contribution >= 4 is 12.6 Å². The second-order valence-electron chi connectivity index (χ2n) is 5.02. The smallest absolute Gasteiger partial charge is 0.261 e. The summed E-state index contributed by atoms with van der Waals surface area (Å²) in [5, 5.41) is 0. The summed E-state index contributed by atoms with van der Waals surface area (Å²) in [5.74, 6) is 0.556. The molecule has 23 heavy (non-hydrogen) atoms. The van der Waals surface area contributed by atoms with E-state index in [1.807, 2.05) is 0 Å². The predicted molar refractivity (Wildman–Crippen MR) is 90.8 cm³/mol. The molecular weight excluding hydrogens is 313 g/mol. The van der Waals surface area contributed by atoms with E-state index < -0.39 is 0 Å². The van der Waals surface area contributed by atoms with Crippen LogP contribution in [0, 0.1) is 5.82 Å². The van der Waals surface area contributed by atoms with Crippen LogP contribution in [0.1, 0.15) is 5.82 Å². The van der Waals surface area contributed by atoms with Gasteiger partial charge in [0.25, 0.3) is 5.56 Å². The van der Waals surface area contributed by atoms with Crippen LogP contribution in [-0.2, 0) is 12.8 Å². The Hall–Kier alpha value is -2.47. The summed E-state index contributed by atoms with van der Waals surface area (Å²) < 4.78 is 14.7. The molecule has 3 aromatic rings. The normalized spacial score (nSPS) is 10.7. The van der Waals surface area contributed by atoms with Crippen LogP contribution in [0.2, 0.25) is 0 Å². The lowest BCUT2D eigenvalue weighted by Crippen LogP contribution is -2.24. The number of pyridine rings is 1. The van der Waals surface area contributed by atoms with Crippen molar-refractivity contribution in [3.8, 4) is 22.4 Å². The fourth-order valence-electron chi connectivity index (χ4n) is 2.38. The minimum absolute atomic E-state index is 0.192. The molecule has 0 saturated heterocycles. The number of halogens is 1. The van der Waals surface area contributed by atoms with Gasteiger partial charge in [-0.2, -0.15) is 12.6 Å². The molecule has 0 unspecified atom stereocenters. The molecule has 0 bridgehead atoms. The zero-order valence-electron chi connectivity index (χ0n) is 12.4. The van der Waals surface area contributed by atoms with Gasteiger partial charge < -0.3 is 0 Å². The molecule has 0 aliphatic heterocycles. The second kappa shape index (κ2) is 6.34. The molecule has 0 fully saturated rings. The number of nitrogens with zero attached hydrogens (tertiary/aromatic N) is 3. The Morgan fingerprint density at radius 3 is 2.35 bits per heavy atom. The van der Waals surface area contributed by atoms with E-state index in [0.717, 1.165) is 5.56 Å². The molecule has 1 aromatic carbocycles. The molecule has 0 radical (unpaired) electrons. The van der Waals surface area contributed by atoms with Gasteiger partial charge in [-0.05, 0) is 29.8 Å². The first-order valence-electron chi connectivity index (χ1n) is 6.99. The van der Waals surface area contributed by atoms with Crippen LogP contribution in [0.15, 0.2) is 53.6 Å². The van der Waals surface area contributed by atoms with E-state index in [1.165, 1.54) is 16.7 Å². The van der Waals surface area contributed by atoms with Gasteiger partial charge in [-0.25, -0.2) is 9.37 Å². The van der Waals surface area contributed by atoms with Crippen molar-refractivity contribution in [1.29, 1.82) is 0 Å². The van der Waals surface area contributed by atoms with Gasteiger partial charge in [0, 0.05) is 30.8 Å². The van der Waals surface area contributed by atoms with Crippen molar-refractivity contribution in [1.82, 2.24) is 14.5 Å². The van der Waals surface area contributed by atoms with Crippen LogP contribution in [0.4, 0.5) is 4.39 Å².